The molecule has 0 aliphatic heterocycles. The lowest BCUT2D eigenvalue weighted by atomic mass is 10.1. The topological polar surface area (TPSA) is 86.1 Å². The third kappa shape index (κ3) is 4.05. The first kappa shape index (κ1) is 18.8. The number of hydrogen-bond acceptors (Lipinski definition) is 4. The number of nitrogens with one attached hydrogen (secondary N) is 1. The average molecular weight is 370 g/mol. The second kappa shape index (κ2) is 8.60. The summed E-state index contributed by atoms with van der Waals surface area (Å²) < 4.78 is 0. The predicted octanol–water partition coefficient (Wildman–Crippen LogP) is 3.87. The highest BCUT2D eigenvalue weighted by Crippen LogP contribution is 2.18. The normalized spacial score (nSPS) is 10.0. The van der Waals surface area contributed by atoms with Crippen molar-refractivity contribution in [2.75, 3.05) is 16.8 Å². The van der Waals surface area contributed by atoms with Crippen LogP contribution < -0.4 is 10.2 Å². The number of carbonyl (C=O) groups excluding carboxylic acids is 2. The number of nitriles is 1. The number of aromatic nitrogens is 1. The van der Waals surface area contributed by atoms with Crippen molar-refractivity contribution in [3.05, 3.63) is 89.7 Å². The predicted molar refractivity (Wildman–Crippen MR) is 107 cm³/mol. The number of amides is 2. The molecular weight excluding hydrogens is 352 g/mol. The summed E-state index contributed by atoms with van der Waals surface area (Å²) in [4.78, 5) is 31.2. The summed E-state index contributed by atoms with van der Waals surface area (Å²) in [7, 11) is 0. The third-order valence-corrected chi connectivity index (χ3v) is 4.17. The molecule has 28 heavy (non-hydrogen) atoms. The number of anilines is 2. The van der Waals surface area contributed by atoms with Crippen molar-refractivity contribution in [3.8, 4) is 6.07 Å². The van der Waals surface area contributed by atoms with Crippen LogP contribution in [0.5, 0.6) is 0 Å². The zero-order valence-electron chi connectivity index (χ0n) is 15.3. The lowest BCUT2D eigenvalue weighted by molar-refractivity contribution is 0.0983. The van der Waals surface area contributed by atoms with Gasteiger partial charge < -0.3 is 10.2 Å². The second-order valence-corrected chi connectivity index (χ2v) is 5.93. The van der Waals surface area contributed by atoms with Crippen LogP contribution in [-0.2, 0) is 0 Å². The van der Waals surface area contributed by atoms with E-state index in [9.17, 15) is 9.59 Å². The van der Waals surface area contributed by atoms with Crippen molar-refractivity contribution in [1.82, 2.24) is 4.98 Å². The molecule has 0 fully saturated rings. The van der Waals surface area contributed by atoms with Crippen LogP contribution in [0.25, 0.3) is 0 Å². The average Bonchev–Trinajstić information content (AvgIpc) is 2.75. The van der Waals surface area contributed by atoms with Gasteiger partial charge in [-0.15, -0.1) is 0 Å². The first-order valence-electron chi connectivity index (χ1n) is 8.77. The molecule has 6 heteroatoms. The lowest BCUT2D eigenvalue weighted by Gasteiger charge is -2.20. The van der Waals surface area contributed by atoms with Gasteiger partial charge in [0.05, 0.1) is 11.3 Å². The highest BCUT2D eigenvalue weighted by atomic mass is 16.2. The van der Waals surface area contributed by atoms with E-state index in [1.165, 1.54) is 18.3 Å². The number of benzene rings is 2. The zero-order valence-corrected chi connectivity index (χ0v) is 15.3. The molecule has 2 aromatic carbocycles. The Morgan fingerprint density at radius 2 is 1.79 bits per heavy atom. The molecule has 0 bridgehead atoms. The summed E-state index contributed by atoms with van der Waals surface area (Å²) in [5, 5.41) is 11.9. The van der Waals surface area contributed by atoms with E-state index in [1.54, 1.807) is 29.2 Å². The van der Waals surface area contributed by atoms with Gasteiger partial charge in [-0.2, -0.15) is 5.26 Å². The van der Waals surface area contributed by atoms with Crippen molar-refractivity contribution in [1.29, 1.82) is 5.26 Å². The highest BCUT2D eigenvalue weighted by Gasteiger charge is 2.19. The molecule has 0 spiro atoms. The summed E-state index contributed by atoms with van der Waals surface area (Å²) in [6, 6.07) is 21.0. The number of pyridine rings is 1. The smallest absolute Gasteiger partial charge is 0.276 e. The fourth-order valence-corrected chi connectivity index (χ4v) is 2.76. The SMILES string of the molecule is CCN(C(=O)c1cc(C(=O)Nc2ccccc2C#N)ccn1)c1ccccc1. The van der Waals surface area contributed by atoms with Crippen molar-refractivity contribution < 1.29 is 9.59 Å². The molecule has 0 saturated carbocycles. The number of nitrogens with zero attached hydrogens (tertiary/aromatic N) is 3. The van der Waals surface area contributed by atoms with E-state index < -0.39 is 5.91 Å². The summed E-state index contributed by atoms with van der Waals surface area (Å²) in [6.07, 6.45) is 1.43. The Hall–Kier alpha value is -3.98. The quantitative estimate of drug-likeness (QED) is 0.739. The Kier molecular flexibility index (Phi) is 5.78. The fraction of sp³-hybridized carbons (Fsp3) is 0.0909. The van der Waals surface area contributed by atoms with Crippen LogP contribution >= 0.6 is 0 Å². The van der Waals surface area contributed by atoms with Gasteiger partial charge in [-0.25, -0.2) is 0 Å². The molecule has 1 heterocycles. The third-order valence-electron chi connectivity index (χ3n) is 4.17. The maximum atomic E-state index is 12.9. The van der Waals surface area contributed by atoms with E-state index in [4.69, 9.17) is 5.26 Å². The van der Waals surface area contributed by atoms with E-state index in [2.05, 4.69) is 10.3 Å². The van der Waals surface area contributed by atoms with E-state index >= 15 is 0 Å². The van der Waals surface area contributed by atoms with Crippen molar-refractivity contribution in [3.63, 3.8) is 0 Å². The summed E-state index contributed by atoms with van der Waals surface area (Å²) in [6.45, 7) is 2.34. The lowest BCUT2D eigenvalue weighted by Crippen LogP contribution is -2.31. The minimum atomic E-state index is -0.415. The molecule has 3 aromatic rings. The first-order valence-corrected chi connectivity index (χ1v) is 8.77. The van der Waals surface area contributed by atoms with Crippen LogP contribution in [0.15, 0.2) is 72.9 Å². The zero-order chi connectivity index (χ0) is 19.9. The van der Waals surface area contributed by atoms with E-state index in [-0.39, 0.29) is 17.2 Å². The molecule has 0 atom stereocenters. The Bertz CT molecular complexity index is 1040. The molecule has 1 N–H and O–H groups in total. The molecule has 1 aromatic heterocycles. The first-order chi connectivity index (χ1) is 13.6. The number of rotatable bonds is 5. The molecule has 138 valence electrons. The van der Waals surface area contributed by atoms with E-state index in [1.807, 2.05) is 43.3 Å². The van der Waals surface area contributed by atoms with Gasteiger partial charge in [0.2, 0.25) is 0 Å². The maximum absolute atomic E-state index is 12.9. The Labute approximate surface area is 163 Å². The van der Waals surface area contributed by atoms with Crippen LogP contribution in [0.4, 0.5) is 11.4 Å². The van der Waals surface area contributed by atoms with Crippen LogP contribution in [-0.4, -0.2) is 23.3 Å². The standard InChI is InChI=1S/C22H18N4O2/c1-2-26(18-9-4-3-5-10-18)22(28)20-14-16(12-13-24-20)21(27)25-19-11-7-6-8-17(19)15-23/h3-14H,2H2,1H3,(H,25,27). The van der Waals surface area contributed by atoms with Gasteiger partial charge in [0, 0.05) is 24.0 Å². The molecule has 3 rings (SSSR count). The van der Waals surface area contributed by atoms with Gasteiger partial charge in [-0.1, -0.05) is 30.3 Å². The van der Waals surface area contributed by atoms with Gasteiger partial charge in [-0.3, -0.25) is 14.6 Å². The minimum Gasteiger partial charge on any atom is -0.321 e. The number of hydrogen-bond donors (Lipinski definition) is 1. The highest BCUT2D eigenvalue weighted by molar-refractivity contribution is 6.08. The largest absolute Gasteiger partial charge is 0.321 e. The molecule has 0 saturated heterocycles. The Morgan fingerprint density at radius 1 is 1.07 bits per heavy atom. The van der Waals surface area contributed by atoms with Crippen molar-refractivity contribution in [2.45, 2.75) is 6.92 Å². The van der Waals surface area contributed by atoms with E-state index in [0.29, 0.717) is 17.8 Å². The van der Waals surface area contributed by atoms with E-state index in [0.717, 1.165) is 5.69 Å². The van der Waals surface area contributed by atoms with Gasteiger partial charge in [0.1, 0.15) is 11.8 Å². The van der Waals surface area contributed by atoms with Gasteiger partial charge in [-0.05, 0) is 43.3 Å². The monoisotopic (exact) mass is 370 g/mol. The Morgan fingerprint density at radius 3 is 2.50 bits per heavy atom. The van der Waals surface area contributed by atoms with Crippen LogP contribution in [0.2, 0.25) is 0 Å². The van der Waals surface area contributed by atoms with Gasteiger partial charge >= 0.3 is 0 Å². The molecular formula is C22H18N4O2. The molecule has 0 aliphatic carbocycles. The van der Waals surface area contributed by atoms with Crippen LogP contribution in [0.3, 0.4) is 0 Å². The van der Waals surface area contributed by atoms with Gasteiger partial charge in [0.15, 0.2) is 0 Å². The fourth-order valence-electron chi connectivity index (χ4n) is 2.76. The summed E-state index contributed by atoms with van der Waals surface area (Å²) in [5.74, 6) is -0.706. The number of para-hydroxylation sites is 2. The molecule has 2 amide bonds. The Balaban J connectivity index is 1.84. The second-order valence-electron chi connectivity index (χ2n) is 5.93. The summed E-state index contributed by atoms with van der Waals surface area (Å²) in [5.41, 5.74) is 2.00. The van der Waals surface area contributed by atoms with Crippen LogP contribution in [0.1, 0.15) is 33.3 Å². The molecule has 0 radical (unpaired) electrons. The van der Waals surface area contributed by atoms with Gasteiger partial charge in [0.25, 0.3) is 11.8 Å². The molecule has 0 unspecified atom stereocenters. The van der Waals surface area contributed by atoms with Crippen molar-refractivity contribution >= 4 is 23.2 Å². The molecule has 0 aliphatic rings. The van der Waals surface area contributed by atoms with Crippen molar-refractivity contribution in [2.24, 2.45) is 0 Å². The maximum Gasteiger partial charge on any atom is 0.276 e. The van der Waals surface area contributed by atoms with Crippen LogP contribution in [0, 0.1) is 11.3 Å². The summed E-state index contributed by atoms with van der Waals surface area (Å²) >= 11 is 0. The molecule has 6 nitrogen and oxygen atoms in total. The number of carbonyl (C=O) groups is 2. The minimum absolute atomic E-state index is 0.173.